The molecular formula is C25H46O. The molecule has 0 radical (unpaired) electrons. The standard InChI is InChI=1S/C25H46O/c1-3-5-7-9-21-26-25-19-17-24(18-20-25)16-15-23-13-11-22(12-14-23)10-8-6-4-2/h8,10,22-25H,3-7,9,11-21H2,1-2H3. The van der Waals surface area contributed by atoms with E-state index in [9.17, 15) is 0 Å². The van der Waals surface area contributed by atoms with Gasteiger partial charge in [0.05, 0.1) is 6.10 Å². The van der Waals surface area contributed by atoms with Crippen LogP contribution >= 0.6 is 0 Å². The van der Waals surface area contributed by atoms with Crippen molar-refractivity contribution in [1.82, 2.24) is 0 Å². The quantitative estimate of drug-likeness (QED) is 0.252. The van der Waals surface area contributed by atoms with Crippen LogP contribution in [0.1, 0.15) is 117 Å². The Balaban J connectivity index is 1.49. The Labute approximate surface area is 164 Å². The van der Waals surface area contributed by atoms with E-state index >= 15 is 0 Å². The van der Waals surface area contributed by atoms with Crippen molar-refractivity contribution in [2.75, 3.05) is 6.61 Å². The van der Waals surface area contributed by atoms with Crippen LogP contribution < -0.4 is 0 Å². The normalized spacial score (nSPS) is 30.1. The summed E-state index contributed by atoms with van der Waals surface area (Å²) >= 11 is 0. The topological polar surface area (TPSA) is 9.23 Å². The molecule has 0 aromatic rings. The van der Waals surface area contributed by atoms with E-state index < -0.39 is 0 Å². The molecule has 0 atom stereocenters. The number of rotatable bonds is 12. The molecule has 0 heterocycles. The fourth-order valence-corrected chi connectivity index (χ4v) is 4.96. The molecule has 0 unspecified atom stereocenters. The number of unbranched alkanes of at least 4 members (excludes halogenated alkanes) is 4. The van der Waals surface area contributed by atoms with Crippen LogP contribution in [-0.4, -0.2) is 12.7 Å². The largest absolute Gasteiger partial charge is 0.378 e. The third-order valence-electron chi connectivity index (χ3n) is 6.88. The monoisotopic (exact) mass is 362 g/mol. The van der Waals surface area contributed by atoms with E-state index in [4.69, 9.17) is 4.74 Å². The van der Waals surface area contributed by atoms with Crippen molar-refractivity contribution in [3.8, 4) is 0 Å². The Morgan fingerprint density at radius 3 is 2.00 bits per heavy atom. The third kappa shape index (κ3) is 9.07. The molecule has 2 aliphatic rings. The molecule has 1 nitrogen and oxygen atoms in total. The lowest BCUT2D eigenvalue weighted by Gasteiger charge is -2.31. The third-order valence-corrected chi connectivity index (χ3v) is 6.88. The zero-order chi connectivity index (χ0) is 18.5. The van der Waals surface area contributed by atoms with Gasteiger partial charge in [0.1, 0.15) is 0 Å². The number of hydrogen-bond acceptors (Lipinski definition) is 1. The maximum Gasteiger partial charge on any atom is 0.0575 e. The van der Waals surface area contributed by atoms with Crippen molar-refractivity contribution in [1.29, 1.82) is 0 Å². The van der Waals surface area contributed by atoms with Gasteiger partial charge in [-0.05, 0) is 82.0 Å². The van der Waals surface area contributed by atoms with Gasteiger partial charge >= 0.3 is 0 Å². The van der Waals surface area contributed by atoms with E-state index in [1.54, 1.807) is 0 Å². The van der Waals surface area contributed by atoms with Gasteiger partial charge in [-0.2, -0.15) is 0 Å². The first-order valence-electron chi connectivity index (χ1n) is 12.1. The lowest BCUT2D eigenvalue weighted by Crippen LogP contribution is -2.23. The first kappa shape index (κ1) is 22.0. The van der Waals surface area contributed by atoms with Crippen LogP contribution in [0.3, 0.4) is 0 Å². The molecule has 0 N–H and O–H groups in total. The highest BCUT2D eigenvalue weighted by molar-refractivity contribution is 4.91. The minimum Gasteiger partial charge on any atom is -0.378 e. The molecule has 0 aliphatic heterocycles. The second kappa shape index (κ2) is 13.8. The summed E-state index contributed by atoms with van der Waals surface area (Å²) in [4.78, 5) is 0. The van der Waals surface area contributed by atoms with Crippen molar-refractivity contribution in [3.05, 3.63) is 12.2 Å². The van der Waals surface area contributed by atoms with Crippen molar-refractivity contribution >= 4 is 0 Å². The molecular weight excluding hydrogens is 316 g/mol. The smallest absolute Gasteiger partial charge is 0.0575 e. The van der Waals surface area contributed by atoms with Crippen LogP contribution in [0.15, 0.2) is 12.2 Å². The fraction of sp³-hybridized carbons (Fsp3) is 0.920. The van der Waals surface area contributed by atoms with E-state index in [1.165, 1.54) is 103 Å². The average Bonchev–Trinajstić information content (AvgIpc) is 2.68. The van der Waals surface area contributed by atoms with Crippen LogP contribution in [0.5, 0.6) is 0 Å². The maximum atomic E-state index is 6.12. The summed E-state index contributed by atoms with van der Waals surface area (Å²) in [6, 6.07) is 0. The first-order valence-corrected chi connectivity index (χ1v) is 12.1. The van der Waals surface area contributed by atoms with Gasteiger partial charge in [-0.1, -0.05) is 64.5 Å². The SMILES string of the molecule is CCCC=CC1CCC(CCC2CCC(OCCCCCC)CC2)CC1. The van der Waals surface area contributed by atoms with Gasteiger partial charge in [-0.25, -0.2) is 0 Å². The van der Waals surface area contributed by atoms with E-state index in [0.717, 1.165) is 24.4 Å². The van der Waals surface area contributed by atoms with Crippen LogP contribution in [0, 0.1) is 17.8 Å². The first-order chi connectivity index (χ1) is 12.8. The lowest BCUT2D eigenvalue weighted by atomic mass is 9.77. The predicted molar refractivity (Wildman–Crippen MR) is 115 cm³/mol. The van der Waals surface area contributed by atoms with E-state index in [2.05, 4.69) is 26.0 Å². The summed E-state index contributed by atoms with van der Waals surface area (Å²) in [6.45, 7) is 5.55. The van der Waals surface area contributed by atoms with E-state index in [1.807, 2.05) is 0 Å². The summed E-state index contributed by atoms with van der Waals surface area (Å²) in [5, 5.41) is 0. The van der Waals surface area contributed by atoms with Gasteiger partial charge in [0.2, 0.25) is 0 Å². The Morgan fingerprint density at radius 1 is 0.731 bits per heavy atom. The summed E-state index contributed by atoms with van der Waals surface area (Å²) in [7, 11) is 0. The molecule has 2 aliphatic carbocycles. The van der Waals surface area contributed by atoms with Crippen LogP contribution in [0.2, 0.25) is 0 Å². The Morgan fingerprint density at radius 2 is 1.38 bits per heavy atom. The zero-order valence-corrected chi connectivity index (χ0v) is 17.9. The molecule has 0 bridgehead atoms. The van der Waals surface area contributed by atoms with Crippen molar-refractivity contribution in [2.45, 2.75) is 123 Å². The van der Waals surface area contributed by atoms with Gasteiger partial charge < -0.3 is 4.74 Å². The van der Waals surface area contributed by atoms with Gasteiger partial charge in [-0.15, -0.1) is 0 Å². The molecule has 26 heavy (non-hydrogen) atoms. The minimum atomic E-state index is 0.582. The highest BCUT2D eigenvalue weighted by Crippen LogP contribution is 2.36. The maximum absolute atomic E-state index is 6.12. The minimum absolute atomic E-state index is 0.582. The lowest BCUT2D eigenvalue weighted by molar-refractivity contribution is 0.0145. The van der Waals surface area contributed by atoms with E-state index in [0.29, 0.717) is 6.10 Å². The zero-order valence-electron chi connectivity index (χ0n) is 17.9. The number of allylic oxidation sites excluding steroid dienone is 2. The van der Waals surface area contributed by atoms with Crippen molar-refractivity contribution in [2.24, 2.45) is 17.8 Å². The Kier molecular flexibility index (Phi) is 11.7. The molecule has 0 aromatic carbocycles. The van der Waals surface area contributed by atoms with Crippen LogP contribution in [0.4, 0.5) is 0 Å². The summed E-state index contributed by atoms with van der Waals surface area (Å²) in [6.07, 6.45) is 27.7. The fourth-order valence-electron chi connectivity index (χ4n) is 4.96. The van der Waals surface area contributed by atoms with Gasteiger partial charge in [-0.3, -0.25) is 0 Å². The molecule has 152 valence electrons. The van der Waals surface area contributed by atoms with Gasteiger partial charge in [0.15, 0.2) is 0 Å². The number of ether oxygens (including phenoxy) is 1. The molecule has 0 spiro atoms. The molecule has 1 heteroatoms. The molecule has 0 aromatic heterocycles. The highest BCUT2D eigenvalue weighted by Gasteiger charge is 2.24. The van der Waals surface area contributed by atoms with Crippen molar-refractivity contribution < 1.29 is 4.74 Å². The van der Waals surface area contributed by atoms with Crippen molar-refractivity contribution in [3.63, 3.8) is 0 Å². The van der Waals surface area contributed by atoms with Crippen LogP contribution in [-0.2, 0) is 4.74 Å². The molecule has 0 saturated heterocycles. The summed E-state index contributed by atoms with van der Waals surface area (Å²) < 4.78 is 6.12. The molecule has 0 amide bonds. The summed E-state index contributed by atoms with van der Waals surface area (Å²) in [5.74, 6) is 2.91. The molecule has 2 rings (SSSR count). The highest BCUT2D eigenvalue weighted by atomic mass is 16.5. The second-order valence-corrected chi connectivity index (χ2v) is 9.15. The van der Waals surface area contributed by atoms with E-state index in [-0.39, 0.29) is 0 Å². The average molecular weight is 363 g/mol. The van der Waals surface area contributed by atoms with Gasteiger partial charge in [0, 0.05) is 6.61 Å². The Hall–Kier alpha value is -0.300. The van der Waals surface area contributed by atoms with Gasteiger partial charge in [0.25, 0.3) is 0 Å². The molecule has 2 fully saturated rings. The summed E-state index contributed by atoms with van der Waals surface area (Å²) in [5.41, 5.74) is 0. The Bertz CT molecular complexity index is 345. The number of hydrogen-bond donors (Lipinski definition) is 0. The molecule has 2 saturated carbocycles. The van der Waals surface area contributed by atoms with Crippen LogP contribution in [0.25, 0.3) is 0 Å². The second-order valence-electron chi connectivity index (χ2n) is 9.15. The predicted octanol–water partition coefficient (Wildman–Crippen LogP) is 8.09.